The van der Waals surface area contributed by atoms with Crippen LogP contribution < -0.4 is 10.4 Å². The standard InChI is InChI=1S/C17H14O3S/c1-11-3-8-15-14(9-11)16(10-17(18)20-15)21-13-6-4-12(19-2)5-7-13/h3-10H,1-2H3. The highest BCUT2D eigenvalue weighted by Crippen LogP contribution is 2.33. The van der Waals surface area contributed by atoms with Crippen molar-refractivity contribution in [3.63, 3.8) is 0 Å². The molecule has 3 rings (SSSR count). The van der Waals surface area contributed by atoms with Gasteiger partial charge in [0.25, 0.3) is 0 Å². The summed E-state index contributed by atoms with van der Waals surface area (Å²) in [6.45, 7) is 2.02. The molecular formula is C17H14O3S. The molecule has 0 spiro atoms. The van der Waals surface area contributed by atoms with Crippen molar-refractivity contribution in [1.82, 2.24) is 0 Å². The number of aryl methyl sites for hydroxylation is 1. The average molecular weight is 298 g/mol. The average Bonchev–Trinajstić information content (AvgIpc) is 2.49. The molecule has 0 amide bonds. The molecule has 0 saturated heterocycles. The molecule has 3 aromatic rings. The minimum absolute atomic E-state index is 0.331. The fraction of sp³-hybridized carbons (Fsp3) is 0.118. The maximum absolute atomic E-state index is 11.7. The monoisotopic (exact) mass is 298 g/mol. The van der Waals surface area contributed by atoms with Gasteiger partial charge >= 0.3 is 5.63 Å². The molecule has 0 aliphatic heterocycles. The Morgan fingerprint density at radius 2 is 1.81 bits per heavy atom. The summed E-state index contributed by atoms with van der Waals surface area (Å²) in [7, 11) is 1.64. The van der Waals surface area contributed by atoms with Crippen LogP contribution in [0.5, 0.6) is 5.75 Å². The van der Waals surface area contributed by atoms with Crippen molar-refractivity contribution in [1.29, 1.82) is 0 Å². The Hall–Kier alpha value is -2.20. The van der Waals surface area contributed by atoms with Crippen molar-refractivity contribution in [3.05, 3.63) is 64.5 Å². The van der Waals surface area contributed by atoms with Crippen LogP contribution in [0.4, 0.5) is 0 Å². The molecule has 4 heteroatoms. The van der Waals surface area contributed by atoms with Crippen molar-refractivity contribution < 1.29 is 9.15 Å². The normalized spacial score (nSPS) is 10.8. The van der Waals surface area contributed by atoms with Crippen molar-refractivity contribution >= 4 is 22.7 Å². The van der Waals surface area contributed by atoms with E-state index in [1.54, 1.807) is 18.9 Å². The predicted molar refractivity (Wildman–Crippen MR) is 84.3 cm³/mol. The molecule has 0 aliphatic carbocycles. The summed E-state index contributed by atoms with van der Waals surface area (Å²) in [5.74, 6) is 0.813. The molecule has 2 aromatic carbocycles. The molecular weight excluding hydrogens is 284 g/mol. The van der Waals surface area contributed by atoms with E-state index in [1.165, 1.54) is 6.07 Å². The van der Waals surface area contributed by atoms with Crippen molar-refractivity contribution in [2.75, 3.05) is 7.11 Å². The third-order valence-electron chi connectivity index (χ3n) is 3.15. The van der Waals surface area contributed by atoms with Gasteiger partial charge in [-0.1, -0.05) is 23.4 Å². The first-order chi connectivity index (χ1) is 10.2. The van der Waals surface area contributed by atoms with E-state index in [2.05, 4.69) is 0 Å². The highest BCUT2D eigenvalue weighted by atomic mass is 32.2. The zero-order valence-electron chi connectivity index (χ0n) is 11.8. The number of fused-ring (bicyclic) bond motifs is 1. The van der Waals surface area contributed by atoms with Crippen LogP contribution in [0.1, 0.15) is 5.56 Å². The van der Waals surface area contributed by atoms with Crippen molar-refractivity contribution in [3.8, 4) is 5.75 Å². The van der Waals surface area contributed by atoms with Gasteiger partial charge in [0.15, 0.2) is 0 Å². The minimum atomic E-state index is -0.331. The number of rotatable bonds is 3. The SMILES string of the molecule is COc1ccc(Sc2cc(=O)oc3ccc(C)cc23)cc1. The van der Waals surface area contributed by atoms with Crippen LogP contribution in [0.2, 0.25) is 0 Å². The van der Waals surface area contributed by atoms with E-state index in [1.807, 2.05) is 49.4 Å². The summed E-state index contributed by atoms with van der Waals surface area (Å²) >= 11 is 1.54. The highest BCUT2D eigenvalue weighted by Gasteiger charge is 2.08. The zero-order chi connectivity index (χ0) is 14.8. The smallest absolute Gasteiger partial charge is 0.337 e. The number of benzene rings is 2. The van der Waals surface area contributed by atoms with Crippen LogP contribution in [0.25, 0.3) is 11.0 Å². The Balaban J connectivity index is 2.06. The van der Waals surface area contributed by atoms with E-state index < -0.39 is 0 Å². The van der Waals surface area contributed by atoms with Gasteiger partial charge in [-0.3, -0.25) is 0 Å². The third-order valence-corrected chi connectivity index (χ3v) is 4.21. The summed E-state index contributed by atoms with van der Waals surface area (Å²) in [6.07, 6.45) is 0. The Morgan fingerprint density at radius 1 is 1.05 bits per heavy atom. The van der Waals surface area contributed by atoms with Gasteiger partial charge in [-0.15, -0.1) is 0 Å². The van der Waals surface area contributed by atoms with Crippen LogP contribution in [0.15, 0.2) is 67.5 Å². The van der Waals surface area contributed by atoms with E-state index in [0.717, 1.165) is 26.5 Å². The molecule has 0 unspecified atom stereocenters. The second-order valence-corrected chi connectivity index (χ2v) is 5.82. The topological polar surface area (TPSA) is 39.4 Å². The maximum Gasteiger partial charge on any atom is 0.337 e. The molecule has 21 heavy (non-hydrogen) atoms. The van der Waals surface area contributed by atoms with Crippen LogP contribution in [-0.4, -0.2) is 7.11 Å². The number of hydrogen-bond acceptors (Lipinski definition) is 4. The van der Waals surface area contributed by atoms with Crippen LogP contribution in [0.3, 0.4) is 0 Å². The summed E-state index contributed by atoms with van der Waals surface area (Å²) in [5.41, 5.74) is 1.42. The number of ether oxygens (including phenoxy) is 1. The molecule has 3 nitrogen and oxygen atoms in total. The first-order valence-corrected chi connectivity index (χ1v) is 7.34. The van der Waals surface area contributed by atoms with Crippen LogP contribution in [0, 0.1) is 6.92 Å². The molecule has 106 valence electrons. The molecule has 0 N–H and O–H groups in total. The Bertz CT molecular complexity index is 835. The quantitative estimate of drug-likeness (QED) is 0.677. The Labute approximate surface area is 126 Å². The van der Waals surface area contributed by atoms with Crippen LogP contribution >= 0.6 is 11.8 Å². The molecule has 0 aliphatic rings. The lowest BCUT2D eigenvalue weighted by Crippen LogP contribution is -1.97. The maximum atomic E-state index is 11.7. The van der Waals surface area contributed by atoms with Gasteiger partial charge in [0.05, 0.1) is 7.11 Å². The molecule has 1 aromatic heterocycles. The third kappa shape index (κ3) is 2.95. The molecule has 0 fully saturated rings. The largest absolute Gasteiger partial charge is 0.497 e. The first-order valence-electron chi connectivity index (χ1n) is 6.52. The van der Waals surface area contributed by atoms with Gasteiger partial charge in [-0.2, -0.15) is 0 Å². The summed E-state index contributed by atoms with van der Waals surface area (Å²) in [5, 5.41) is 0.954. The molecule has 0 atom stereocenters. The predicted octanol–water partition coefficient (Wildman–Crippen LogP) is 4.26. The fourth-order valence-electron chi connectivity index (χ4n) is 2.10. The molecule has 1 heterocycles. The van der Waals surface area contributed by atoms with Gasteiger partial charge in [-0.05, 0) is 43.3 Å². The lowest BCUT2D eigenvalue weighted by atomic mass is 10.2. The van der Waals surface area contributed by atoms with Gasteiger partial charge in [-0.25, -0.2) is 4.79 Å². The van der Waals surface area contributed by atoms with E-state index in [0.29, 0.717) is 5.58 Å². The minimum Gasteiger partial charge on any atom is -0.497 e. The van der Waals surface area contributed by atoms with E-state index >= 15 is 0 Å². The summed E-state index contributed by atoms with van der Waals surface area (Å²) < 4.78 is 10.4. The zero-order valence-corrected chi connectivity index (χ0v) is 12.6. The second-order valence-electron chi connectivity index (χ2n) is 4.71. The number of hydrogen-bond donors (Lipinski definition) is 0. The van der Waals surface area contributed by atoms with Gasteiger partial charge in [0, 0.05) is 21.2 Å². The first kappa shape index (κ1) is 13.8. The fourth-order valence-corrected chi connectivity index (χ4v) is 3.05. The Morgan fingerprint density at radius 3 is 2.52 bits per heavy atom. The van der Waals surface area contributed by atoms with Gasteiger partial charge in [0.1, 0.15) is 11.3 Å². The Kier molecular flexibility index (Phi) is 3.71. The molecule has 0 bridgehead atoms. The number of methoxy groups -OCH3 is 1. The van der Waals surface area contributed by atoms with Gasteiger partial charge in [0.2, 0.25) is 0 Å². The highest BCUT2D eigenvalue weighted by molar-refractivity contribution is 7.99. The summed E-state index contributed by atoms with van der Waals surface area (Å²) in [4.78, 5) is 13.6. The van der Waals surface area contributed by atoms with E-state index in [9.17, 15) is 4.79 Å². The molecule has 0 radical (unpaired) electrons. The van der Waals surface area contributed by atoms with E-state index in [-0.39, 0.29) is 5.63 Å². The lowest BCUT2D eigenvalue weighted by molar-refractivity contribution is 0.414. The van der Waals surface area contributed by atoms with Crippen molar-refractivity contribution in [2.24, 2.45) is 0 Å². The lowest BCUT2D eigenvalue weighted by Gasteiger charge is -2.06. The van der Waals surface area contributed by atoms with Crippen LogP contribution in [-0.2, 0) is 0 Å². The van der Waals surface area contributed by atoms with Gasteiger partial charge < -0.3 is 9.15 Å². The molecule has 0 saturated carbocycles. The summed E-state index contributed by atoms with van der Waals surface area (Å²) in [6, 6.07) is 15.1. The second kappa shape index (κ2) is 5.66. The van der Waals surface area contributed by atoms with Crippen molar-refractivity contribution in [2.45, 2.75) is 16.7 Å². The van der Waals surface area contributed by atoms with E-state index in [4.69, 9.17) is 9.15 Å².